The highest BCUT2D eigenvalue weighted by atomic mass is 16.2. The molecule has 0 saturated carbocycles. The van der Waals surface area contributed by atoms with Gasteiger partial charge in [-0.1, -0.05) is 12.1 Å². The fraction of sp³-hybridized carbons (Fsp3) is 0.438. The van der Waals surface area contributed by atoms with Crippen LogP contribution in [0.25, 0.3) is 0 Å². The normalized spacial score (nSPS) is 14.0. The molecule has 2 heterocycles. The van der Waals surface area contributed by atoms with Gasteiger partial charge in [0.15, 0.2) is 5.78 Å². The molecule has 0 saturated heterocycles. The molecule has 0 amide bonds. The first-order valence-electron chi connectivity index (χ1n) is 7.33. The molecule has 5 heteroatoms. The summed E-state index contributed by atoms with van der Waals surface area (Å²) in [5.41, 5.74) is 2.70. The molecule has 0 N–H and O–H groups in total. The average molecular weight is 285 g/mol. The monoisotopic (exact) mass is 285 g/mol. The van der Waals surface area contributed by atoms with E-state index in [1.807, 2.05) is 32.0 Å². The van der Waals surface area contributed by atoms with E-state index < -0.39 is 0 Å². The first-order chi connectivity index (χ1) is 10.1. The average Bonchev–Trinajstić information content (AvgIpc) is 2.79. The molecule has 110 valence electrons. The number of benzene rings is 1. The van der Waals surface area contributed by atoms with Gasteiger partial charge in [-0.05, 0) is 43.9 Å². The third kappa shape index (κ3) is 2.55. The number of aromatic nitrogens is 3. The minimum atomic E-state index is -0.165. The molecule has 0 atom stereocenters. The number of hydrogen-bond donors (Lipinski definition) is 0. The van der Waals surface area contributed by atoms with Gasteiger partial charge in [0.2, 0.25) is 0 Å². The number of ketones is 1. The maximum atomic E-state index is 12.3. The molecule has 0 spiro atoms. The maximum absolute atomic E-state index is 12.3. The van der Waals surface area contributed by atoms with Crippen molar-refractivity contribution < 1.29 is 4.79 Å². The molecule has 0 bridgehead atoms. The second kappa shape index (κ2) is 5.31. The Bertz CT molecular complexity index is 755. The van der Waals surface area contributed by atoms with Crippen LogP contribution in [0.3, 0.4) is 0 Å². The zero-order valence-corrected chi connectivity index (χ0v) is 12.4. The number of carbonyl (C=O) groups is 1. The SMILES string of the molecule is Cc1ccc(C(=O)Cn2nc3n(c2=O)CCCC3)cc1C. The molecule has 0 unspecified atom stereocenters. The number of carbonyl (C=O) groups excluding carboxylic acids is 1. The largest absolute Gasteiger partial charge is 0.346 e. The second-order valence-electron chi connectivity index (χ2n) is 5.69. The van der Waals surface area contributed by atoms with Crippen LogP contribution in [0, 0.1) is 13.8 Å². The third-order valence-electron chi connectivity index (χ3n) is 4.15. The van der Waals surface area contributed by atoms with Crippen LogP contribution in [-0.4, -0.2) is 20.1 Å². The lowest BCUT2D eigenvalue weighted by Gasteiger charge is -2.09. The van der Waals surface area contributed by atoms with E-state index in [1.54, 1.807) is 4.57 Å². The minimum Gasteiger partial charge on any atom is -0.292 e. The van der Waals surface area contributed by atoms with Crippen molar-refractivity contribution in [3.05, 3.63) is 51.2 Å². The lowest BCUT2D eigenvalue weighted by atomic mass is 10.0. The van der Waals surface area contributed by atoms with E-state index in [0.717, 1.165) is 36.2 Å². The standard InChI is InChI=1S/C16H19N3O2/c1-11-6-7-13(9-12(11)2)14(20)10-19-16(21)18-8-4-3-5-15(18)17-19/h6-7,9H,3-5,8,10H2,1-2H3. The summed E-state index contributed by atoms with van der Waals surface area (Å²) in [6.07, 6.45) is 2.88. The number of Topliss-reactive ketones (excluding diaryl/α,β-unsaturated/α-hetero) is 1. The van der Waals surface area contributed by atoms with Crippen LogP contribution in [0.5, 0.6) is 0 Å². The molecular weight excluding hydrogens is 266 g/mol. The molecular formula is C16H19N3O2. The molecule has 0 aliphatic carbocycles. The molecule has 3 rings (SSSR count). The lowest BCUT2D eigenvalue weighted by molar-refractivity contribution is 0.0966. The fourth-order valence-electron chi connectivity index (χ4n) is 2.69. The molecule has 0 fully saturated rings. The van der Waals surface area contributed by atoms with E-state index >= 15 is 0 Å². The zero-order chi connectivity index (χ0) is 15.0. The Kier molecular flexibility index (Phi) is 3.49. The minimum absolute atomic E-state index is 0.0152. The van der Waals surface area contributed by atoms with Crippen molar-refractivity contribution in [3.8, 4) is 0 Å². The van der Waals surface area contributed by atoms with Gasteiger partial charge in [0.05, 0.1) is 0 Å². The van der Waals surface area contributed by atoms with Crippen molar-refractivity contribution in [1.29, 1.82) is 0 Å². The van der Waals surface area contributed by atoms with Crippen molar-refractivity contribution in [3.63, 3.8) is 0 Å². The van der Waals surface area contributed by atoms with Crippen molar-refractivity contribution in [2.75, 3.05) is 0 Å². The van der Waals surface area contributed by atoms with Crippen LogP contribution in [-0.2, 0) is 19.5 Å². The smallest absolute Gasteiger partial charge is 0.292 e. The summed E-state index contributed by atoms with van der Waals surface area (Å²) < 4.78 is 3.00. The predicted molar refractivity (Wildman–Crippen MR) is 79.7 cm³/mol. The van der Waals surface area contributed by atoms with E-state index in [4.69, 9.17) is 0 Å². The van der Waals surface area contributed by atoms with Crippen LogP contribution in [0.2, 0.25) is 0 Å². The summed E-state index contributed by atoms with van der Waals surface area (Å²) in [4.78, 5) is 24.5. The van der Waals surface area contributed by atoms with Gasteiger partial charge in [-0.15, -0.1) is 0 Å². The fourth-order valence-corrected chi connectivity index (χ4v) is 2.69. The zero-order valence-electron chi connectivity index (χ0n) is 12.4. The molecule has 0 radical (unpaired) electrons. The highest BCUT2D eigenvalue weighted by Gasteiger charge is 2.18. The van der Waals surface area contributed by atoms with Gasteiger partial charge >= 0.3 is 5.69 Å². The van der Waals surface area contributed by atoms with Gasteiger partial charge in [-0.25, -0.2) is 9.48 Å². The second-order valence-corrected chi connectivity index (χ2v) is 5.69. The Hall–Kier alpha value is -2.17. The number of hydrogen-bond acceptors (Lipinski definition) is 3. The topological polar surface area (TPSA) is 56.9 Å². The van der Waals surface area contributed by atoms with Crippen LogP contribution < -0.4 is 5.69 Å². The molecule has 2 aromatic rings. The van der Waals surface area contributed by atoms with E-state index in [2.05, 4.69) is 5.10 Å². The van der Waals surface area contributed by atoms with E-state index in [9.17, 15) is 9.59 Å². The van der Waals surface area contributed by atoms with Crippen molar-refractivity contribution in [1.82, 2.24) is 14.3 Å². The Labute approximate surface area is 123 Å². The number of nitrogens with zero attached hydrogens (tertiary/aromatic N) is 3. The Morgan fingerprint density at radius 2 is 2.05 bits per heavy atom. The number of aryl methyl sites for hydroxylation is 3. The highest BCUT2D eigenvalue weighted by Crippen LogP contribution is 2.12. The van der Waals surface area contributed by atoms with E-state index in [-0.39, 0.29) is 18.0 Å². The van der Waals surface area contributed by atoms with Gasteiger partial charge < -0.3 is 0 Å². The van der Waals surface area contributed by atoms with Crippen LogP contribution in [0.1, 0.15) is 40.2 Å². The van der Waals surface area contributed by atoms with E-state index in [1.165, 1.54) is 4.68 Å². The maximum Gasteiger partial charge on any atom is 0.346 e. The Morgan fingerprint density at radius 3 is 2.76 bits per heavy atom. The molecule has 1 aromatic carbocycles. The van der Waals surface area contributed by atoms with Crippen molar-refractivity contribution in [2.45, 2.75) is 46.2 Å². The van der Waals surface area contributed by atoms with Crippen LogP contribution >= 0.6 is 0 Å². The lowest BCUT2D eigenvalue weighted by Crippen LogP contribution is -2.29. The molecule has 21 heavy (non-hydrogen) atoms. The summed E-state index contributed by atoms with van der Waals surface area (Å²) in [5, 5.41) is 4.30. The quantitative estimate of drug-likeness (QED) is 0.809. The Balaban J connectivity index is 1.86. The van der Waals surface area contributed by atoms with Gasteiger partial charge in [0.1, 0.15) is 12.4 Å². The first kappa shape index (κ1) is 13.8. The summed E-state index contributed by atoms with van der Waals surface area (Å²) in [6.45, 7) is 4.72. The van der Waals surface area contributed by atoms with Crippen molar-refractivity contribution >= 4 is 5.78 Å². The predicted octanol–water partition coefficient (Wildman–Crippen LogP) is 1.88. The van der Waals surface area contributed by atoms with Crippen LogP contribution in [0.15, 0.2) is 23.0 Å². The number of rotatable bonds is 3. The molecule has 1 aliphatic heterocycles. The summed E-state index contributed by atoms with van der Waals surface area (Å²) >= 11 is 0. The number of fused-ring (bicyclic) bond motifs is 1. The third-order valence-corrected chi connectivity index (χ3v) is 4.15. The Morgan fingerprint density at radius 1 is 1.24 bits per heavy atom. The molecule has 5 nitrogen and oxygen atoms in total. The van der Waals surface area contributed by atoms with Crippen molar-refractivity contribution in [2.24, 2.45) is 0 Å². The van der Waals surface area contributed by atoms with Gasteiger partial charge in [-0.3, -0.25) is 9.36 Å². The first-order valence-corrected chi connectivity index (χ1v) is 7.33. The highest BCUT2D eigenvalue weighted by molar-refractivity contribution is 5.96. The molecule has 1 aliphatic rings. The van der Waals surface area contributed by atoms with E-state index in [0.29, 0.717) is 12.1 Å². The van der Waals surface area contributed by atoms with Gasteiger partial charge in [0.25, 0.3) is 0 Å². The summed E-state index contributed by atoms with van der Waals surface area (Å²) in [7, 11) is 0. The molecule has 1 aromatic heterocycles. The summed E-state index contributed by atoms with van der Waals surface area (Å²) in [5.74, 6) is 0.731. The van der Waals surface area contributed by atoms with Crippen LogP contribution in [0.4, 0.5) is 0 Å². The van der Waals surface area contributed by atoms with Gasteiger partial charge in [-0.2, -0.15) is 5.10 Å². The van der Waals surface area contributed by atoms with Gasteiger partial charge in [0, 0.05) is 18.5 Å². The summed E-state index contributed by atoms with van der Waals surface area (Å²) in [6, 6.07) is 5.62.